The third kappa shape index (κ3) is 6.48. The van der Waals surface area contributed by atoms with Gasteiger partial charge in [0.2, 0.25) is 0 Å². The van der Waals surface area contributed by atoms with Crippen LogP contribution in [0.5, 0.6) is 5.75 Å². The Kier molecular flexibility index (Phi) is 10.5. The van der Waals surface area contributed by atoms with Gasteiger partial charge in [-0.15, -0.1) is 0 Å². The first kappa shape index (κ1) is 25.0. The Morgan fingerprint density at radius 3 is 1.68 bits per heavy atom. The van der Waals surface area contributed by atoms with Gasteiger partial charge < -0.3 is 0 Å². The molecule has 0 unspecified atom stereocenters. The van der Waals surface area contributed by atoms with Gasteiger partial charge in [0.25, 0.3) is 0 Å². The first-order valence-corrected chi connectivity index (χ1v) is 14.3. The normalized spacial score (nSPS) is 13.1. The van der Waals surface area contributed by atoms with Gasteiger partial charge in [-0.05, 0) is 0 Å². The molecule has 0 aliphatic heterocycles. The number of unbranched alkanes of at least 4 members (excludes halogenated alkanes) is 4. The van der Waals surface area contributed by atoms with E-state index in [1.165, 1.54) is 0 Å². The van der Waals surface area contributed by atoms with Crippen LogP contribution in [0.2, 0.25) is 0 Å². The summed E-state index contributed by atoms with van der Waals surface area (Å²) in [4.78, 5) is 13.3. The van der Waals surface area contributed by atoms with Crippen LogP contribution in [0.15, 0.2) is 18.2 Å². The molecule has 4 heteroatoms. The maximum absolute atomic E-state index is 13.3. The van der Waals surface area contributed by atoms with Crippen LogP contribution in [0.4, 0.5) is 0 Å². The zero-order valence-corrected chi connectivity index (χ0v) is 19.8. The van der Waals surface area contributed by atoms with Gasteiger partial charge in [-0.1, -0.05) is 0 Å². The Hall–Kier alpha value is -1.08. The number of benzene rings is 1. The predicted molar refractivity (Wildman–Crippen MR) is 124 cm³/mol. The van der Waals surface area contributed by atoms with E-state index in [1.807, 2.05) is 19.1 Å². The van der Waals surface area contributed by atoms with Gasteiger partial charge in [0, 0.05) is 0 Å². The Bertz CT molecular complexity index is 568. The second kappa shape index (κ2) is 11.8. The van der Waals surface area contributed by atoms with Crippen molar-refractivity contribution in [1.29, 1.82) is 0 Å². The van der Waals surface area contributed by atoms with E-state index in [4.69, 9.17) is 4.52 Å². The summed E-state index contributed by atoms with van der Waals surface area (Å²) >= 11 is 0. The average molecular weight is 411 g/mol. The number of aromatic hydroxyl groups is 1. The molecular formula is C24H43O3P. The third-order valence-corrected chi connectivity index (χ3v) is 12.6. The number of phenolic OH excluding ortho intramolecular Hbond substituents is 1. The van der Waals surface area contributed by atoms with E-state index < -0.39 is 6.83 Å². The Morgan fingerprint density at radius 2 is 1.29 bits per heavy atom. The quantitative estimate of drug-likeness (QED) is 0.322. The van der Waals surface area contributed by atoms with Gasteiger partial charge in [-0.2, -0.15) is 0 Å². The van der Waals surface area contributed by atoms with Crippen LogP contribution >= 0.6 is 6.83 Å². The van der Waals surface area contributed by atoms with Crippen molar-refractivity contribution < 1.29 is 14.4 Å². The van der Waals surface area contributed by atoms with Crippen molar-refractivity contribution in [1.82, 2.24) is 0 Å². The molecule has 0 aliphatic carbocycles. The van der Waals surface area contributed by atoms with Gasteiger partial charge >= 0.3 is 173 Å². The van der Waals surface area contributed by atoms with Gasteiger partial charge in [0.1, 0.15) is 0 Å². The molecule has 0 saturated heterocycles. The molecule has 0 aliphatic rings. The summed E-state index contributed by atoms with van der Waals surface area (Å²) in [6, 6.07) is 5.36. The van der Waals surface area contributed by atoms with E-state index in [1.54, 1.807) is 6.07 Å². The molecule has 1 aromatic rings. The van der Waals surface area contributed by atoms with Crippen LogP contribution in [0, 0.1) is 6.92 Å². The number of carbonyl (C=O) groups is 1. The van der Waals surface area contributed by atoms with Crippen molar-refractivity contribution in [2.45, 2.75) is 86.0 Å². The zero-order chi connectivity index (χ0) is 21.1. The SMILES string of the molecule is CCCCP(CCCC)(CCCC)(CCCC)OC(=O)c1cccc(C)c1O. The molecular weight excluding hydrogens is 367 g/mol. The number of hydrogen-bond acceptors (Lipinski definition) is 3. The van der Waals surface area contributed by atoms with E-state index in [9.17, 15) is 9.90 Å². The fraction of sp³-hybridized carbons (Fsp3) is 0.708. The Morgan fingerprint density at radius 1 is 0.857 bits per heavy atom. The summed E-state index contributed by atoms with van der Waals surface area (Å²) in [6.45, 7) is 8.04. The molecule has 28 heavy (non-hydrogen) atoms. The molecule has 3 nitrogen and oxygen atoms in total. The second-order valence-electron chi connectivity index (χ2n) is 8.52. The van der Waals surface area contributed by atoms with Gasteiger partial charge in [0.05, 0.1) is 0 Å². The fourth-order valence-electron chi connectivity index (χ4n) is 4.19. The first-order valence-electron chi connectivity index (χ1n) is 11.4. The monoisotopic (exact) mass is 410 g/mol. The van der Waals surface area contributed by atoms with Crippen molar-refractivity contribution in [2.75, 3.05) is 24.6 Å². The minimum atomic E-state index is -2.68. The van der Waals surface area contributed by atoms with Crippen molar-refractivity contribution in [3.8, 4) is 5.75 Å². The summed E-state index contributed by atoms with van der Waals surface area (Å²) < 4.78 is 6.69. The van der Waals surface area contributed by atoms with E-state index in [0.717, 1.165) is 81.6 Å². The molecule has 0 radical (unpaired) electrons. The summed E-state index contributed by atoms with van der Waals surface area (Å²) in [6.07, 6.45) is 13.1. The van der Waals surface area contributed by atoms with Crippen LogP contribution in [0.3, 0.4) is 0 Å². The number of aryl methyl sites for hydroxylation is 1. The predicted octanol–water partition coefficient (Wildman–Crippen LogP) is 7.53. The van der Waals surface area contributed by atoms with Gasteiger partial charge in [-0.25, -0.2) is 0 Å². The van der Waals surface area contributed by atoms with Crippen LogP contribution in [0.1, 0.15) is 95.0 Å². The number of para-hydroxylation sites is 1. The molecule has 1 rings (SSSR count). The van der Waals surface area contributed by atoms with Crippen molar-refractivity contribution in [2.24, 2.45) is 0 Å². The number of phenols is 1. The first-order chi connectivity index (χ1) is 13.4. The van der Waals surface area contributed by atoms with Crippen LogP contribution < -0.4 is 0 Å². The van der Waals surface area contributed by atoms with E-state index in [2.05, 4.69) is 27.7 Å². The van der Waals surface area contributed by atoms with E-state index in [-0.39, 0.29) is 11.7 Å². The molecule has 0 amide bonds. The van der Waals surface area contributed by atoms with Crippen LogP contribution in [0.25, 0.3) is 0 Å². The van der Waals surface area contributed by atoms with E-state index in [0.29, 0.717) is 5.56 Å². The van der Waals surface area contributed by atoms with Gasteiger partial charge in [0.15, 0.2) is 0 Å². The van der Waals surface area contributed by atoms with E-state index >= 15 is 0 Å². The molecule has 0 fully saturated rings. The summed E-state index contributed by atoms with van der Waals surface area (Å²) in [5, 5.41) is 10.5. The molecule has 0 saturated carbocycles. The van der Waals surface area contributed by atoms with Crippen LogP contribution in [-0.2, 0) is 4.52 Å². The zero-order valence-electron chi connectivity index (χ0n) is 18.9. The Labute approximate surface area is 173 Å². The van der Waals surface area contributed by atoms with Crippen LogP contribution in [-0.4, -0.2) is 35.7 Å². The molecule has 0 aromatic heterocycles. The van der Waals surface area contributed by atoms with Crippen molar-refractivity contribution in [3.63, 3.8) is 0 Å². The number of rotatable bonds is 14. The van der Waals surface area contributed by atoms with Gasteiger partial charge in [-0.3, -0.25) is 0 Å². The molecule has 0 heterocycles. The standard InChI is InChI=1S/C24H43O3P/c1-6-10-17-28(18-11-7-2,19-12-8-3,20-13-9-4)27-24(26)22-16-14-15-21(5)23(22)25/h14-16,25H,6-13,17-20H2,1-5H3. The maximum atomic E-state index is 13.3. The third-order valence-electron chi connectivity index (χ3n) is 6.11. The molecule has 1 N–H and O–H groups in total. The second-order valence-corrected chi connectivity index (χ2v) is 14.2. The number of carbonyl (C=O) groups excluding carboxylic acids is 1. The molecule has 0 bridgehead atoms. The number of hydrogen-bond donors (Lipinski definition) is 1. The van der Waals surface area contributed by atoms with Crippen molar-refractivity contribution >= 4 is 12.8 Å². The van der Waals surface area contributed by atoms with Crippen molar-refractivity contribution in [3.05, 3.63) is 29.3 Å². The molecule has 1 aromatic carbocycles. The molecule has 0 spiro atoms. The Balaban J connectivity index is 3.40. The molecule has 0 atom stereocenters. The molecule has 162 valence electrons. The summed E-state index contributed by atoms with van der Waals surface area (Å²) in [7, 11) is 0. The average Bonchev–Trinajstić information content (AvgIpc) is 2.70. The minimum absolute atomic E-state index is 0.0704. The fourth-order valence-corrected chi connectivity index (χ4v) is 10.9. The summed E-state index contributed by atoms with van der Waals surface area (Å²) in [5.74, 6) is -0.237. The topological polar surface area (TPSA) is 46.5 Å². The summed E-state index contributed by atoms with van der Waals surface area (Å²) in [5.41, 5.74) is 1.05.